The quantitative estimate of drug-likeness (QED) is 0.101. The average molecular weight is 561 g/mol. The molecule has 1 aromatic heterocycles. The summed E-state index contributed by atoms with van der Waals surface area (Å²) in [6.07, 6.45) is 17.9. The minimum atomic E-state index is -0.297. The zero-order valence-corrected chi connectivity index (χ0v) is 25.3. The first-order valence-corrected chi connectivity index (χ1v) is 15.6. The second-order valence-corrected chi connectivity index (χ2v) is 10.7. The molecule has 0 saturated carbocycles. The largest absolute Gasteiger partial charge is 0.494 e. The van der Waals surface area contributed by atoms with E-state index in [0.717, 1.165) is 41.9 Å². The summed E-state index contributed by atoms with van der Waals surface area (Å²) in [5, 5.41) is 0. The molecule has 1 unspecified atom stereocenters. The summed E-state index contributed by atoms with van der Waals surface area (Å²) < 4.78 is 17.0. The summed E-state index contributed by atoms with van der Waals surface area (Å²) in [6.45, 7) is 7.13. The predicted octanol–water partition coefficient (Wildman–Crippen LogP) is 9.22. The molecule has 6 nitrogen and oxygen atoms in total. The first-order chi connectivity index (χ1) is 20.1. The Hall–Kier alpha value is -3.41. The van der Waals surface area contributed by atoms with Crippen molar-refractivity contribution in [2.24, 2.45) is 0 Å². The van der Waals surface area contributed by atoms with E-state index in [2.05, 4.69) is 29.0 Å². The number of rotatable bonds is 20. The van der Waals surface area contributed by atoms with Gasteiger partial charge in [-0.25, -0.2) is 9.97 Å². The normalized spacial score (nSPS) is 11.7. The molecule has 0 saturated heterocycles. The molecule has 0 radical (unpaired) electrons. The number of aromatic nitrogens is 2. The van der Waals surface area contributed by atoms with E-state index in [1.165, 1.54) is 57.8 Å². The first kappa shape index (κ1) is 32.1. The van der Waals surface area contributed by atoms with E-state index in [-0.39, 0.29) is 12.1 Å². The number of carbonyl (C=O) groups is 1. The van der Waals surface area contributed by atoms with Gasteiger partial charge >= 0.3 is 5.97 Å². The van der Waals surface area contributed by atoms with Crippen molar-refractivity contribution in [3.05, 3.63) is 60.9 Å². The highest BCUT2D eigenvalue weighted by atomic mass is 16.6. The van der Waals surface area contributed by atoms with Gasteiger partial charge in [0, 0.05) is 29.9 Å². The van der Waals surface area contributed by atoms with Gasteiger partial charge in [0.25, 0.3) is 0 Å². The van der Waals surface area contributed by atoms with Crippen LogP contribution in [0.15, 0.2) is 60.9 Å². The van der Waals surface area contributed by atoms with Gasteiger partial charge in [0.15, 0.2) is 5.82 Å². The molecule has 0 fully saturated rings. The number of benzene rings is 2. The van der Waals surface area contributed by atoms with Crippen LogP contribution >= 0.6 is 0 Å². The van der Waals surface area contributed by atoms with Crippen molar-refractivity contribution in [2.75, 3.05) is 13.2 Å². The van der Waals surface area contributed by atoms with Crippen LogP contribution in [0, 0.1) is 0 Å². The number of hydrogen-bond acceptors (Lipinski definition) is 6. The Labute approximate surface area is 246 Å². The van der Waals surface area contributed by atoms with Crippen LogP contribution in [0.2, 0.25) is 0 Å². The maximum Gasteiger partial charge on any atom is 0.306 e. The van der Waals surface area contributed by atoms with Gasteiger partial charge in [0.1, 0.15) is 24.2 Å². The molecule has 3 rings (SSSR count). The van der Waals surface area contributed by atoms with Gasteiger partial charge < -0.3 is 14.2 Å². The molecule has 0 bridgehead atoms. The molecule has 3 aromatic rings. The third-order valence-electron chi connectivity index (χ3n) is 6.99. The van der Waals surface area contributed by atoms with Crippen molar-refractivity contribution in [3.63, 3.8) is 0 Å². The molecule has 222 valence electrons. The SMILES string of the molecule is CCCCCCCCCCCCOc1ccc(-c2cnc(-c3ccc(OCC(C)OC(=O)CCC)cc3)nc2)cc1. The lowest BCUT2D eigenvalue weighted by molar-refractivity contribution is -0.149. The zero-order valence-electron chi connectivity index (χ0n) is 25.3. The van der Waals surface area contributed by atoms with E-state index >= 15 is 0 Å². The minimum absolute atomic E-state index is 0.191. The molecule has 0 N–H and O–H groups in total. The van der Waals surface area contributed by atoms with Crippen molar-refractivity contribution in [2.45, 2.75) is 104 Å². The van der Waals surface area contributed by atoms with Crippen molar-refractivity contribution in [1.82, 2.24) is 9.97 Å². The fraction of sp³-hybridized carbons (Fsp3) is 0.514. The third kappa shape index (κ3) is 12.3. The summed E-state index contributed by atoms with van der Waals surface area (Å²) in [7, 11) is 0. The fourth-order valence-electron chi connectivity index (χ4n) is 4.58. The van der Waals surface area contributed by atoms with Gasteiger partial charge in [-0.05, 0) is 61.7 Å². The Kier molecular flexibility index (Phi) is 14.8. The smallest absolute Gasteiger partial charge is 0.306 e. The highest BCUT2D eigenvalue weighted by Crippen LogP contribution is 2.24. The third-order valence-corrected chi connectivity index (χ3v) is 6.99. The van der Waals surface area contributed by atoms with Crippen molar-refractivity contribution >= 4 is 5.97 Å². The van der Waals surface area contributed by atoms with Crippen molar-refractivity contribution < 1.29 is 19.0 Å². The Balaban J connectivity index is 1.37. The lowest BCUT2D eigenvalue weighted by Gasteiger charge is -2.14. The Morgan fingerprint density at radius 2 is 1.20 bits per heavy atom. The summed E-state index contributed by atoms with van der Waals surface area (Å²) in [4.78, 5) is 20.7. The van der Waals surface area contributed by atoms with Crippen LogP contribution in [0.3, 0.4) is 0 Å². The van der Waals surface area contributed by atoms with Crippen molar-refractivity contribution in [3.8, 4) is 34.0 Å². The van der Waals surface area contributed by atoms with Crippen LogP contribution in [-0.2, 0) is 9.53 Å². The Morgan fingerprint density at radius 1 is 0.659 bits per heavy atom. The molecule has 0 spiro atoms. The highest BCUT2D eigenvalue weighted by molar-refractivity contribution is 5.69. The molecule has 1 atom stereocenters. The predicted molar refractivity (Wildman–Crippen MR) is 166 cm³/mol. The molecule has 41 heavy (non-hydrogen) atoms. The van der Waals surface area contributed by atoms with Gasteiger partial charge in [-0.2, -0.15) is 0 Å². The monoisotopic (exact) mass is 560 g/mol. The van der Waals surface area contributed by atoms with E-state index in [1.54, 1.807) is 0 Å². The fourth-order valence-corrected chi connectivity index (χ4v) is 4.58. The van der Waals surface area contributed by atoms with Crippen LogP contribution in [0.25, 0.3) is 22.5 Å². The van der Waals surface area contributed by atoms with Gasteiger partial charge in [0.2, 0.25) is 0 Å². The number of carbonyl (C=O) groups excluding carboxylic acids is 1. The maximum atomic E-state index is 11.6. The molecule has 0 aliphatic carbocycles. The number of unbranched alkanes of at least 4 members (excludes halogenated alkanes) is 9. The number of hydrogen-bond donors (Lipinski definition) is 0. The number of ether oxygens (including phenoxy) is 3. The highest BCUT2D eigenvalue weighted by Gasteiger charge is 2.10. The maximum absolute atomic E-state index is 11.6. The Morgan fingerprint density at radius 3 is 1.78 bits per heavy atom. The Bertz CT molecular complexity index is 1110. The average Bonchev–Trinajstić information content (AvgIpc) is 2.99. The van der Waals surface area contributed by atoms with Crippen LogP contribution in [0.1, 0.15) is 97.8 Å². The summed E-state index contributed by atoms with van der Waals surface area (Å²) in [5.74, 6) is 2.07. The van der Waals surface area contributed by atoms with E-state index in [4.69, 9.17) is 14.2 Å². The van der Waals surface area contributed by atoms with E-state index in [1.807, 2.05) is 62.6 Å². The van der Waals surface area contributed by atoms with Gasteiger partial charge in [0.05, 0.1) is 6.61 Å². The van der Waals surface area contributed by atoms with Crippen LogP contribution in [0.5, 0.6) is 11.5 Å². The second-order valence-electron chi connectivity index (χ2n) is 10.7. The standard InChI is InChI=1S/C35H48N2O4/c1-4-6-7-8-9-10-11-12-13-14-24-39-32-20-16-29(17-21-32)31-25-36-35(37-26-31)30-18-22-33(23-19-30)40-27-28(3)41-34(38)15-5-2/h16-23,25-26,28H,4-15,24,27H2,1-3H3. The van der Waals surface area contributed by atoms with Crippen LogP contribution in [-0.4, -0.2) is 35.3 Å². The van der Waals surface area contributed by atoms with Crippen LogP contribution < -0.4 is 9.47 Å². The summed E-state index contributed by atoms with van der Waals surface area (Å²) in [6, 6.07) is 15.8. The van der Waals surface area contributed by atoms with E-state index in [0.29, 0.717) is 24.6 Å². The van der Waals surface area contributed by atoms with Gasteiger partial charge in [-0.1, -0.05) is 83.8 Å². The van der Waals surface area contributed by atoms with E-state index < -0.39 is 0 Å². The zero-order chi connectivity index (χ0) is 29.1. The molecular formula is C35H48N2O4. The summed E-state index contributed by atoms with van der Waals surface area (Å²) in [5.41, 5.74) is 2.92. The van der Waals surface area contributed by atoms with E-state index in [9.17, 15) is 4.79 Å². The molecule has 0 aliphatic heterocycles. The molecular weight excluding hydrogens is 512 g/mol. The van der Waals surface area contributed by atoms with Crippen molar-refractivity contribution in [1.29, 1.82) is 0 Å². The number of esters is 1. The molecule has 1 heterocycles. The molecule has 6 heteroatoms. The molecule has 2 aromatic carbocycles. The molecule has 0 aliphatic rings. The molecule has 0 amide bonds. The first-order valence-electron chi connectivity index (χ1n) is 15.6. The summed E-state index contributed by atoms with van der Waals surface area (Å²) >= 11 is 0. The topological polar surface area (TPSA) is 70.5 Å². The lowest BCUT2D eigenvalue weighted by atomic mass is 10.1. The van der Waals surface area contributed by atoms with Gasteiger partial charge in [-0.3, -0.25) is 4.79 Å². The van der Waals surface area contributed by atoms with Crippen LogP contribution in [0.4, 0.5) is 0 Å². The second kappa shape index (κ2) is 18.8. The lowest BCUT2D eigenvalue weighted by Crippen LogP contribution is -2.21. The minimum Gasteiger partial charge on any atom is -0.494 e. The number of nitrogens with zero attached hydrogens (tertiary/aromatic N) is 2. The van der Waals surface area contributed by atoms with Gasteiger partial charge in [-0.15, -0.1) is 0 Å².